The van der Waals surface area contributed by atoms with Crippen molar-refractivity contribution in [3.05, 3.63) is 112 Å². The predicted octanol–water partition coefficient (Wildman–Crippen LogP) is 6.57. The molecule has 0 saturated carbocycles. The summed E-state index contributed by atoms with van der Waals surface area (Å²) in [6.45, 7) is 3.66. The molecule has 0 radical (unpaired) electrons. The van der Waals surface area contributed by atoms with Crippen molar-refractivity contribution < 1.29 is 22.3 Å². The lowest BCUT2D eigenvalue weighted by Gasteiger charge is -2.48. The molecule has 0 bridgehead atoms. The van der Waals surface area contributed by atoms with Crippen LogP contribution in [0.25, 0.3) is 0 Å². The number of para-hydroxylation sites is 1. The molecule has 0 aliphatic carbocycles. The number of hydrogen-bond acceptors (Lipinski definition) is 4. The van der Waals surface area contributed by atoms with Gasteiger partial charge in [-0.3, -0.25) is 9.10 Å². The lowest BCUT2D eigenvalue weighted by atomic mass is 9.88. The fraction of sp³-hybridized carbons (Fsp3) is 0.300. The Bertz CT molecular complexity index is 1530. The van der Waals surface area contributed by atoms with Crippen LogP contribution < -0.4 is 4.31 Å². The van der Waals surface area contributed by atoms with Gasteiger partial charge in [0.05, 0.1) is 30.1 Å². The van der Waals surface area contributed by atoms with E-state index in [0.717, 1.165) is 15.4 Å². The Morgan fingerprint density at radius 3 is 2.40 bits per heavy atom. The Morgan fingerprint density at radius 2 is 1.73 bits per heavy atom. The first-order valence-corrected chi connectivity index (χ1v) is 15.3. The Balaban J connectivity index is 1.66. The van der Waals surface area contributed by atoms with Gasteiger partial charge in [-0.15, -0.1) is 0 Å². The quantitative estimate of drug-likeness (QED) is 0.299. The van der Waals surface area contributed by atoms with Crippen LogP contribution in [0.5, 0.6) is 0 Å². The summed E-state index contributed by atoms with van der Waals surface area (Å²) in [5.74, 6) is -1.64. The molecule has 2 saturated heterocycles. The maximum atomic E-state index is 14.7. The third kappa shape index (κ3) is 5.50. The Labute approximate surface area is 244 Å². The molecule has 5 rings (SSSR count). The molecule has 2 heterocycles. The van der Waals surface area contributed by atoms with Crippen molar-refractivity contribution in [3.8, 4) is 0 Å². The van der Waals surface area contributed by atoms with Crippen LogP contribution in [0.15, 0.2) is 84.9 Å². The van der Waals surface area contributed by atoms with E-state index >= 15 is 0 Å². The van der Waals surface area contributed by atoms with E-state index in [0.29, 0.717) is 10.0 Å². The predicted molar refractivity (Wildman–Crippen MR) is 155 cm³/mol. The number of ether oxygens (including phenoxy) is 1. The standard InChI is InChI=1S/C30H29Cl2FN2O4S/c1-3-7-19(2)28-30(36)35(24-17-34(40(37,38)18-24)26-11-5-4-10-25(26)33)27(20-12-14-22(31)15-13-20)29(39-28)21-8-6-9-23(32)16-21/h3-16,19,24,27-29H,17-18H2,1-2H3/b7-3+/t19-,24-,27-,28+,29-/m1/s1. The van der Waals surface area contributed by atoms with Crippen LogP contribution in [0.3, 0.4) is 0 Å². The van der Waals surface area contributed by atoms with Gasteiger partial charge in [0.1, 0.15) is 18.0 Å². The number of rotatable bonds is 6. The van der Waals surface area contributed by atoms with Gasteiger partial charge in [0.2, 0.25) is 10.0 Å². The van der Waals surface area contributed by atoms with Crippen molar-refractivity contribution >= 4 is 44.8 Å². The monoisotopic (exact) mass is 602 g/mol. The summed E-state index contributed by atoms with van der Waals surface area (Å²) in [6.07, 6.45) is 2.19. The van der Waals surface area contributed by atoms with E-state index < -0.39 is 40.1 Å². The van der Waals surface area contributed by atoms with E-state index in [9.17, 15) is 17.6 Å². The zero-order valence-electron chi connectivity index (χ0n) is 22.0. The number of morpholine rings is 1. The molecule has 40 heavy (non-hydrogen) atoms. The minimum atomic E-state index is -3.93. The van der Waals surface area contributed by atoms with Crippen LogP contribution in [0.2, 0.25) is 10.0 Å². The number of carbonyl (C=O) groups is 1. The molecule has 2 fully saturated rings. The van der Waals surface area contributed by atoms with Gasteiger partial charge < -0.3 is 9.64 Å². The van der Waals surface area contributed by atoms with Crippen LogP contribution >= 0.6 is 23.2 Å². The Hall–Kier alpha value is -2.91. The first-order valence-electron chi connectivity index (χ1n) is 13.0. The molecule has 0 spiro atoms. The summed E-state index contributed by atoms with van der Waals surface area (Å²) in [6, 6.07) is 18.6. The molecular weight excluding hydrogens is 574 g/mol. The highest BCUT2D eigenvalue weighted by atomic mass is 35.5. The molecule has 3 aromatic carbocycles. The number of hydrogen-bond donors (Lipinski definition) is 0. The average molecular weight is 604 g/mol. The highest BCUT2D eigenvalue weighted by Crippen LogP contribution is 2.46. The van der Waals surface area contributed by atoms with Gasteiger partial charge in [-0.25, -0.2) is 12.8 Å². The van der Waals surface area contributed by atoms with Crippen LogP contribution in [0, 0.1) is 11.7 Å². The van der Waals surface area contributed by atoms with Crippen molar-refractivity contribution in [2.24, 2.45) is 5.92 Å². The minimum absolute atomic E-state index is 0.0426. The molecule has 3 aromatic rings. The largest absolute Gasteiger partial charge is 0.357 e. The maximum Gasteiger partial charge on any atom is 0.253 e. The van der Waals surface area contributed by atoms with Gasteiger partial charge in [0, 0.05) is 16.0 Å². The summed E-state index contributed by atoms with van der Waals surface area (Å²) >= 11 is 12.6. The van der Waals surface area contributed by atoms with E-state index in [1.165, 1.54) is 18.2 Å². The summed E-state index contributed by atoms with van der Waals surface area (Å²) in [5, 5.41) is 1.03. The third-order valence-corrected chi connectivity index (χ3v) is 9.68. The highest BCUT2D eigenvalue weighted by molar-refractivity contribution is 7.93. The van der Waals surface area contributed by atoms with Gasteiger partial charge in [0.15, 0.2) is 0 Å². The molecule has 0 N–H and O–H groups in total. The second-order valence-corrected chi connectivity index (χ2v) is 12.9. The third-order valence-electron chi connectivity index (χ3n) is 7.37. The zero-order valence-corrected chi connectivity index (χ0v) is 24.3. The number of sulfonamides is 1. The second-order valence-electron chi connectivity index (χ2n) is 10.1. The number of amides is 1. The molecule has 0 aromatic heterocycles. The minimum Gasteiger partial charge on any atom is -0.357 e. The van der Waals surface area contributed by atoms with Gasteiger partial charge >= 0.3 is 0 Å². The first-order chi connectivity index (χ1) is 19.1. The summed E-state index contributed by atoms with van der Waals surface area (Å²) in [5.41, 5.74) is 1.43. The number of benzene rings is 3. The Kier molecular flexibility index (Phi) is 8.25. The van der Waals surface area contributed by atoms with E-state index in [2.05, 4.69) is 0 Å². The summed E-state index contributed by atoms with van der Waals surface area (Å²) in [4.78, 5) is 15.9. The van der Waals surface area contributed by atoms with E-state index in [-0.39, 0.29) is 29.8 Å². The highest BCUT2D eigenvalue weighted by Gasteiger charge is 2.52. The fourth-order valence-electron chi connectivity index (χ4n) is 5.58. The lowest BCUT2D eigenvalue weighted by Crippen LogP contribution is -2.57. The lowest BCUT2D eigenvalue weighted by molar-refractivity contribution is -0.182. The number of allylic oxidation sites excluding steroid dienone is 1. The van der Waals surface area contributed by atoms with Crippen LogP contribution in [0.1, 0.15) is 37.1 Å². The van der Waals surface area contributed by atoms with Crippen LogP contribution in [0.4, 0.5) is 10.1 Å². The second kappa shape index (κ2) is 11.5. The molecular formula is C30H29Cl2FN2O4S. The topological polar surface area (TPSA) is 66.9 Å². The molecule has 10 heteroatoms. The number of anilines is 1. The first kappa shape index (κ1) is 28.6. The molecule has 6 nitrogen and oxygen atoms in total. The van der Waals surface area contributed by atoms with Crippen LogP contribution in [-0.4, -0.2) is 43.7 Å². The summed E-state index contributed by atoms with van der Waals surface area (Å²) in [7, 11) is -3.93. The van der Waals surface area contributed by atoms with Gasteiger partial charge in [0.25, 0.3) is 5.91 Å². The SMILES string of the molecule is C/C=C/[C@@H](C)[C@@H]1O[C@H](c2cccc(Cl)c2)[C@@H](c2ccc(Cl)cc2)N([C@@H]2CN(c3ccccc3F)S(=O)(=O)C2)C1=O. The fourth-order valence-corrected chi connectivity index (χ4v) is 7.69. The normalized spacial score (nSPS) is 25.5. The van der Waals surface area contributed by atoms with E-state index in [1.807, 2.05) is 50.3 Å². The molecule has 5 atom stereocenters. The van der Waals surface area contributed by atoms with E-state index in [4.69, 9.17) is 27.9 Å². The number of halogens is 3. The Morgan fingerprint density at radius 1 is 1.00 bits per heavy atom. The maximum absolute atomic E-state index is 14.7. The van der Waals surface area contributed by atoms with E-state index in [1.54, 1.807) is 35.2 Å². The smallest absolute Gasteiger partial charge is 0.253 e. The average Bonchev–Trinajstić information content (AvgIpc) is 3.23. The van der Waals surface area contributed by atoms with Gasteiger partial charge in [-0.05, 0) is 54.4 Å². The molecule has 210 valence electrons. The number of carbonyl (C=O) groups excluding carboxylic acids is 1. The molecule has 1 amide bonds. The van der Waals surface area contributed by atoms with Crippen LogP contribution in [-0.2, 0) is 19.6 Å². The van der Waals surface area contributed by atoms with Crippen molar-refractivity contribution in [1.29, 1.82) is 0 Å². The molecule has 2 aliphatic rings. The van der Waals surface area contributed by atoms with Crippen molar-refractivity contribution in [1.82, 2.24) is 4.90 Å². The molecule has 0 unspecified atom stereocenters. The van der Waals surface area contributed by atoms with Crippen molar-refractivity contribution in [3.63, 3.8) is 0 Å². The van der Waals surface area contributed by atoms with Crippen molar-refractivity contribution in [2.75, 3.05) is 16.6 Å². The molecule has 2 aliphatic heterocycles. The van der Waals surface area contributed by atoms with Gasteiger partial charge in [-0.1, -0.05) is 78.7 Å². The number of nitrogens with zero attached hydrogens (tertiary/aromatic N) is 2. The summed E-state index contributed by atoms with van der Waals surface area (Å²) < 4.78 is 49.2. The van der Waals surface area contributed by atoms with Gasteiger partial charge in [-0.2, -0.15) is 0 Å². The van der Waals surface area contributed by atoms with Crippen molar-refractivity contribution in [2.45, 2.75) is 38.1 Å². The zero-order chi connectivity index (χ0) is 28.6.